The Morgan fingerprint density at radius 1 is 1.23 bits per heavy atom. The number of aryl methyl sites for hydroxylation is 1. The molecule has 0 aliphatic rings. The highest BCUT2D eigenvalue weighted by Gasteiger charge is 2.15. The van der Waals surface area contributed by atoms with Crippen LogP contribution in [0.5, 0.6) is 0 Å². The van der Waals surface area contributed by atoms with Crippen molar-refractivity contribution in [2.75, 3.05) is 10.6 Å². The summed E-state index contributed by atoms with van der Waals surface area (Å²) in [7, 11) is 0. The number of anilines is 2. The molecule has 0 fully saturated rings. The van der Waals surface area contributed by atoms with Crippen LogP contribution in [0.15, 0.2) is 48.2 Å². The van der Waals surface area contributed by atoms with Gasteiger partial charge in [-0.1, -0.05) is 55.2 Å². The van der Waals surface area contributed by atoms with Gasteiger partial charge in [0, 0.05) is 16.9 Å². The molecule has 0 unspecified atom stereocenters. The molecule has 0 heterocycles. The van der Waals surface area contributed by atoms with Crippen molar-refractivity contribution in [1.29, 1.82) is 5.26 Å². The zero-order valence-electron chi connectivity index (χ0n) is 14.7. The van der Waals surface area contributed by atoms with E-state index in [-0.39, 0.29) is 11.5 Å². The van der Waals surface area contributed by atoms with E-state index in [1.165, 1.54) is 6.20 Å². The number of nitrogens with zero attached hydrogens (tertiary/aromatic N) is 1. The molecule has 6 heteroatoms. The van der Waals surface area contributed by atoms with Crippen LogP contribution >= 0.6 is 23.2 Å². The molecule has 2 aromatic carbocycles. The maximum atomic E-state index is 12.5. The van der Waals surface area contributed by atoms with Gasteiger partial charge in [-0.3, -0.25) is 4.79 Å². The van der Waals surface area contributed by atoms with Gasteiger partial charge >= 0.3 is 0 Å². The van der Waals surface area contributed by atoms with E-state index < -0.39 is 5.91 Å². The van der Waals surface area contributed by atoms with Crippen LogP contribution in [0, 0.1) is 18.3 Å². The second-order valence-electron chi connectivity index (χ2n) is 6.09. The number of hydrogen-bond acceptors (Lipinski definition) is 3. The molecule has 2 aromatic rings. The van der Waals surface area contributed by atoms with Gasteiger partial charge in [0.05, 0.1) is 10.7 Å². The van der Waals surface area contributed by atoms with Crippen LogP contribution < -0.4 is 10.6 Å². The fraction of sp³-hybridized carbons (Fsp3) is 0.200. The van der Waals surface area contributed by atoms with Gasteiger partial charge in [-0.2, -0.15) is 5.26 Å². The minimum absolute atomic E-state index is 0.0611. The number of rotatable bonds is 5. The molecule has 0 radical (unpaired) electrons. The van der Waals surface area contributed by atoms with E-state index in [9.17, 15) is 10.1 Å². The highest BCUT2D eigenvalue weighted by Crippen LogP contribution is 2.28. The third-order valence-electron chi connectivity index (χ3n) is 3.83. The molecule has 0 spiro atoms. The lowest BCUT2D eigenvalue weighted by molar-refractivity contribution is -0.112. The zero-order chi connectivity index (χ0) is 19.3. The summed E-state index contributed by atoms with van der Waals surface area (Å²) in [5.41, 5.74) is 3.18. The number of nitriles is 1. The average Bonchev–Trinajstić information content (AvgIpc) is 2.58. The molecule has 4 nitrogen and oxygen atoms in total. The predicted octanol–water partition coefficient (Wildman–Crippen LogP) is 5.88. The average molecular weight is 388 g/mol. The van der Waals surface area contributed by atoms with E-state index in [2.05, 4.69) is 24.5 Å². The van der Waals surface area contributed by atoms with Crippen LogP contribution in [0.3, 0.4) is 0 Å². The van der Waals surface area contributed by atoms with E-state index in [0.717, 1.165) is 16.8 Å². The van der Waals surface area contributed by atoms with Crippen LogP contribution in [0.1, 0.15) is 30.9 Å². The van der Waals surface area contributed by atoms with E-state index >= 15 is 0 Å². The fourth-order valence-electron chi connectivity index (χ4n) is 2.43. The number of benzene rings is 2. The van der Waals surface area contributed by atoms with Gasteiger partial charge in [0.25, 0.3) is 5.91 Å². The fourth-order valence-corrected chi connectivity index (χ4v) is 2.89. The molecule has 0 aliphatic carbocycles. The molecule has 2 N–H and O–H groups in total. The third kappa shape index (κ3) is 4.78. The van der Waals surface area contributed by atoms with E-state index in [1.807, 2.05) is 31.2 Å². The first-order valence-electron chi connectivity index (χ1n) is 8.06. The molecule has 134 valence electrons. The van der Waals surface area contributed by atoms with Gasteiger partial charge < -0.3 is 10.6 Å². The van der Waals surface area contributed by atoms with E-state index in [0.29, 0.717) is 15.7 Å². The lowest BCUT2D eigenvalue weighted by Crippen LogP contribution is -2.17. The molecule has 0 atom stereocenters. The van der Waals surface area contributed by atoms with Crippen molar-refractivity contribution in [3.05, 3.63) is 69.3 Å². The summed E-state index contributed by atoms with van der Waals surface area (Å²) in [6, 6.07) is 12.7. The number of nitrogens with one attached hydrogen (secondary N) is 2. The monoisotopic (exact) mass is 387 g/mol. The van der Waals surface area contributed by atoms with Crippen molar-refractivity contribution in [1.82, 2.24) is 0 Å². The van der Waals surface area contributed by atoms with Gasteiger partial charge in [-0.05, 0) is 42.2 Å². The van der Waals surface area contributed by atoms with Crippen molar-refractivity contribution >= 4 is 40.5 Å². The van der Waals surface area contributed by atoms with Crippen molar-refractivity contribution in [2.45, 2.75) is 26.7 Å². The topological polar surface area (TPSA) is 64.9 Å². The summed E-state index contributed by atoms with van der Waals surface area (Å²) in [6.45, 7) is 6.02. The van der Waals surface area contributed by atoms with Crippen molar-refractivity contribution in [2.24, 2.45) is 0 Å². The van der Waals surface area contributed by atoms with Gasteiger partial charge in [-0.25, -0.2) is 0 Å². The lowest BCUT2D eigenvalue weighted by atomic mass is 9.98. The van der Waals surface area contributed by atoms with Crippen LogP contribution in [-0.4, -0.2) is 5.91 Å². The lowest BCUT2D eigenvalue weighted by Gasteiger charge is -2.16. The molecule has 0 aliphatic heterocycles. The maximum Gasteiger partial charge on any atom is 0.267 e. The summed E-state index contributed by atoms with van der Waals surface area (Å²) >= 11 is 11.9. The number of hydrogen-bond donors (Lipinski definition) is 2. The summed E-state index contributed by atoms with van der Waals surface area (Å²) in [4.78, 5) is 12.5. The van der Waals surface area contributed by atoms with Crippen molar-refractivity contribution < 1.29 is 4.79 Å². The Labute approximate surface area is 163 Å². The van der Waals surface area contributed by atoms with Crippen LogP contribution in [0.2, 0.25) is 10.0 Å². The largest absolute Gasteiger partial charge is 0.359 e. The summed E-state index contributed by atoms with van der Waals surface area (Å²) in [5, 5.41) is 16.0. The normalized spacial score (nSPS) is 11.2. The first kappa shape index (κ1) is 19.8. The predicted molar refractivity (Wildman–Crippen MR) is 108 cm³/mol. The summed E-state index contributed by atoms with van der Waals surface area (Å²) in [6.07, 6.45) is 1.33. The molecule has 0 saturated carbocycles. The van der Waals surface area contributed by atoms with Gasteiger partial charge in [0.15, 0.2) is 0 Å². The standard InChI is InChI=1S/C20H19Cl2N3O/c1-12(2)16-6-4-5-13(3)19(16)25-20(26)14(10-23)11-24-18-8-7-15(21)9-17(18)22/h4-9,11-12,24H,1-3H3,(H,25,26)/b14-11-. The molecule has 0 aromatic heterocycles. The van der Waals surface area contributed by atoms with Crippen LogP contribution in [-0.2, 0) is 4.79 Å². The third-order valence-corrected chi connectivity index (χ3v) is 4.38. The highest BCUT2D eigenvalue weighted by molar-refractivity contribution is 6.36. The van der Waals surface area contributed by atoms with Gasteiger partial charge in [0.1, 0.15) is 11.6 Å². The van der Waals surface area contributed by atoms with Crippen LogP contribution in [0.4, 0.5) is 11.4 Å². The SMILES string of the molecule is Cc1cccc(C(C)C)c1NC(=O)/C(C#N)=C\Nc1ccc(Cl)cc1Cl. The summed E-state index contributed by atoms with van der Waals surface area (Å²) < 4.78 is 0. The number of para-hydroxylation sites is 1. The Kier molecular flexibility index (Phi) is 6.68. The smallest absolute Gasteiger partial charge is 0.267 e. The van der Waals surface area contributed by atoms with Crippen molar-refractivity contribution in [3.8, 4) is 6.07 Å². The quantitative estimate of drug-likeness (QED) is 0.496. The number of amides is 1. The van der Waals surface area contributed by atoms with Crippen LogP contribution in [0.25, 0.3) is 0 Å². The molecule has 0 bridgehead atoms. The molecular formula is C20H19Cl2N3O. The molecule has 26 heavy (non-hydrogen) atoms. The number of carbonyl (C=O) groups is 1. The van der Waals surface area contributed by atoms with Crippen molar-refractivity contribution in [3.63, 3.8) is 0 Å². The molecular weight excluding hydrogens is 369 g/mol. The Hall–Kier alpha value is -2.48. The first-order valence-corrected chi connectivity index (χ1v) is 8.81. The van der Waals surface area contributed by atoms with E-state index in [1.54, 1.807) is 18.2 Å². The second-order valence-corrected chi connectivity index (χ2v) is 6.93. The Balaban J connectivity index is 2.23. The number of carbonyl (C=O) groups excluding carboxylic acids is 1. The maximum absolute atomic E-state index is 12.5. The summed E-state index contributed by atoms with van der Waals surface area (Å²) in [5.74, 6) is -0.244. The second kappa shape index (κ2) is 8.75. The zero-order valence-corrected chi connectivity index (χ0v) is 16.2. The molecule has 1 amide bonds. The van der Waals surface area contributed by atoms with Gasteiger partial charge in [0.2, 0.25) is 0 Å². The Bertz CT molecular complexity index is 898. The molecule has 2 rings (SSSR count). The van der Waals surface area contributed by atoms with E-state index in [4.69, 9.17) is 23.2 Å². The molecule has 0 saturated heterocycles. The first-order chi connectivity index (χ1) is 12.3. The Morgan fingerprint density at radius 3 is 2.58 bits per heavy atom. The minimum atomic E-state index is -0.485. The Morgan fingerprint density at radius 2 is 1.96 bits per heavy atom. The minimum Gasteiger partial charge on any atom is -0.359 e. The van der Waals surface area contributed by atoms with Gasteiger partial charge in [-0.15, -0.1) is 0 Å². The number of halogens is 2. The highest BCUT2D eigenvalue weighted by atomic mass is 35.5.